The quantitative estimate of drug-likeness (QED) is 0.842. The van der Waals surface area contributed by atoms with E-state index >= 15 is 0 Å². The van der Waals surface area contributed by atoms with Crippen molar-refractivity contribution in [2.24, 2.45) is 0 Å². The van der Waals surface area contributed by atoms with E-state index in [1.54, 1.807) is 12.1 Å². The number of aliphatic hydroxyl groups is 1. The van der Waals surface area contributed by atoms with Gasteiger partial charge in [-0.2, -0.15) is 0 Å². The van der Waals surface area contributed by atoms with Gasteiger partial charge in [-0.3, -0.25) is 0 Å². The fraction of sp³-hybridized carbons (Fsp3) is 0.143. The van der Waals surface area contributed by atoms with E-state index in [4.69, 9.17) is 11.6 Å². The summed E-state index contributed by atoms with van der Waals surface area (Å²) < 4.78 is 26.1. The van der Waals surface area contributed by atoms with E-state index in [2.05, 4.69) is 0 Å². The van der Waals surface area contributed by atoms with Crippen LogP contribution in [0.1, 0.15) is 11.7 Å². The highest BCUT2D eigenvalue weighted by Crippen LogP contribution is 2.29. The highest BCUT2D eigenvalue weighted by Gasteiger charge is 2.13. The Kier molecular flexibility index (Phi) is 4.80. The first-order valence-corrected chi connectivity index (χ1v) is 6.94. The van der Waals surface area contributed by atoms with Gasteiger partial charge in [-0.05, 0) is 36.4 Å². The maximum absolute atomic E-state index is 13.1. The Morgan fingerprint density at radius 3 is 2.58 bits per heavy atom. The lowest BCUT2D eigenvalue weighted by Gasteiger charge is -2.12. The van der Waals surface area contributed by atoms with E-state index in [1.807, 2.05) is 0 Å². The standard InChI is InChI=1S/C14H11ClF2OS/c15-13-5-4-10(17)7-12(13)14(18)8-19-11-3-1-2-9(16)6-11/h1-7,14,18H,8H2. The number of thioether (sulfide) groups is 1. The van der Waals surface area contributed by atoms with Crippen molar-refractivity contribution in [3.8, 4) is 0 Å². The molecule has 0 aliphatic heterocycles. The summed E-state index contributed by atoms with van der Waals surface area (Å²) in [5.41, 5.74) is 0.338. The van der Waals surface area contributed by atoms with Crippen LogP contribution < -0.4 is 0 Å². The molecule has 1 atom stereocenters. The smallest absolute Gasteiger partial charge is 0.124 e. The van der Waals surface area contributed by atoms with E-state index in [0.717, 1.165) is 0 Å². The summed E-state index contributed by atoms with van der Waals surface area (Å²) in [5.74, 6) is -0.510. The lowest BCUT2D eigenvalue weighted by atomic mass is 10.1. The second kappa shape index (κ2) is 6.37. The van der Waals surface area contributed by atoms with Crippen LogP contribution in [-0.4, -0.2) is 10.9 Å². The molecule has 0 spiro atoms. The van der Waals surface area contributed by atoms with Gasteiger partial charge >= 0.3 is 0 Å². The van der Waals surface area contributed by atoms with Gasteiger partial charge in [-0.1, -0.05) is 17.7 Å². The largest absolute Gasteiger partial charge is 0.387 e. The maximum Gasteiger partial charge on any atom is 0.124 e. The third-order valence-corrected chi connectivity index (χ3v) is 3.93. The zero-order chi connectivity index (χ0) is 13.8. The molecule has 0 saturated carbocycles. The molecule has 1 unspecified atom stereocenters. The van der Waals surface area contributed by atoms with Gasteiger partial charge in [0.05, 0.1) is 6.10 Å². The molecule has 2 aromatic rings. The molecule has 100 valence electrons. The van der Waals surface area contributed by atoms with Gasteiger partial charge < -0.3 is 5.11 Å². The van der Waals surface area contributed by atoms with E-state index < -0.39 is 11.9 Å². The molecule has 1 N–H and O–H groups in total. The third kappa shape index (κ3) is 3.93. The fourth-order valence-corrected chi connectivity index (χ4v) is 2.74. The molecule has 0 heterocycles. The van der Waals surface area contributed by atoms with E-state index in [-0.39, 0.29) is 11.6 Å². The SMILES string of the molecule is OC(CSc1cccc(F)c1)c1cc(F)ccc1Cl. The van der Waals surface area contributed by atoms with Gasteiger partial charge in [-0.25, -0.2) is 8.78 Å². The van der Waals surface area contributed by atoms with Crippen molar-refractivity contribution in [1.29, 1.82) is 0 Å². The summed E-state index contributed by atoms with van der Waals surface area (Å²) in [6.07, 6.45) is -0.906. The minimum absolute atomic E-state index is 0.270. The molecular weight excluding hydrogens is 290 g/mol. The van der Waals surface area contributed by atoms with Gasteiger partial charge in [0.2, 0.25) is 0 Å². The highest BCUT2D eigenvalue weighted by atomic mass is 35.5. The molecule has 2 rings (SSSR count). The lowest BCUT2D eigenvalue weighted by Crippen LogP contribution is -2.02. The molecule has 19 heavy (non-hydrogen) atoms. The zero-order valence-corrected chi connectivity index (χ0v) is 11.4. The van der Waals surface area contributed by atoms with Gasteiger partial charge in [-0.15, -0.1) is 11.8 Å². The number of halogens is 3. The maximum atomic E-state index is 13.1. The van der Waals surface area contributed by atoms with Crippen molar-refractivity contribution in [3.05, 3.63) is 64.7 Å². The van der Waals surface area contributed by atoms with Crippen molar-refractivity contribution >= 4 is 23.4 Å². The number of aliphatic hydroxyl groups excluding tert-OH is 1. The van der Waals surface area contributed by atoms with Gasteiger partial charge in [0.1, 0.15) is 11.6 Å². The van der Waals surface area contributed by atoms with Crippen molar-refractivity contribution in [2.45, 2.75) is 11.0 Å². The van der Waals surface area contributed by atoms with Crippen molar-refractivity contribution in [2.75, 3.05) is 5.75 Å². The first-order chi connectivity index (χ1) is 9.06. The van der Waals surface area contributed by atoms with Gasteiger partial charge in [0.25, 0.3) is 0 Å². The molecule has 5 heteroatoms. The molecule has 0 fully saturated rings. The molecule has 0 amide bonds. The zero-order valence-electron chi connectivity index (χ0n) is 9.82. The van der Waals surface area contributed by atoms with Crippen molar-refractivity contribution in [1.82, 2.24) is 0 Å². The fourth-order valence-electron chi connectivity index (χ4n) is 1.59. The van der Waals surface area contributed by atoms with Crippen LogP contribution >= 0.6 is 23.4 Å². The first-order valence-electron chi connectivity index (χ1n) is 5.57. The summed E-state index contributed by atoms with van der Waals surface area (Å²) in [6, 6.07) is 9.92. The van der Waals surface area contributed by atoms with Gasteiger partial charge in [0.15, 0.2) is 0 Å². The van der Waals surface area contributed by atoms with Crippen LogP contribution in [0.15, 0.2) is 47.4 Å². The summed E-state index contributed by atoms with van der Waals surface area (Å²) in [5, 5.41) is 10.3. The first kappa shape index (κ1) is 14.3. The van der Waals surface area contributed by atoms with Crippen LogP contribution in [-0.2, 0) is 0 Å². The van der Waals surface area contributed by atoms with E-state index in [1.165, 1.54) is 42.1 Å². The number of benzene rings is 2. The summed E-state index contributed by atoms with van der Waals surface area (Å²) in [4.78, 5) is 0.701. The minimum atomic E-state index is -0.906. The number of hydrogen-bond donors (Lipinski definition) is 1. The summed E-state index contributed by atoms with van der Waals surface area (Å²) >= 11 is 7.18. The Morgan fingerprint density at radius 2 is 1.84 bits per heavy atom. The van der Waals surface area contributed by atoms with Crippen LogP contribution in [0.3, 0.4) is 0 Å². The average Bonchev–Trinajstić information content (AvgIpc) is 2.39. The van der Waals surface area contributed by atoms with Crippen LogP contribution in [0.2, 0.25) is 5.02 Å². The molecule has 0 radical (unpaired) electrons. The summed E-state index contributed by atoms with van der Waals surface area (Å²) in [7, 11) is 0. The minimum Gasteiger partial charge on any atom is -0.387 e. The van der Waals surface area contributed by atoms with Crippen molar-refractivity contribution < 1.29 is 13.9 Å². The predicted octanol–water partition coefficient (Wildman–Crippen LogP) is 4.44. The molecule has 0 saturated heterocycles. The normalized spacial score (nSPS) is 12.4. The van der Waals surface area contributed by atoms with Gasteiger partial charge in [0, 0.05) is 21.2 Å². The van der Waals surface area contributed by atoms with Crippen LogP contribution in [0.4, 0.5) is 8.78 Å². The third-order valence-electron chi connectivity index (χ3n) is 2.52. The Balaban J connectivity index is 2.05. The molecule has 0 bridgehead atoms. The second-order valence-corrected chi connectivity index (χ2v) is 5.45. The van der Waals surface area contributed by atoms with Crippen molar-refractivity contribution in [3.63, 3.8) is 0 Å². The highest BCUT2D eigenvalue weighted by molar-refractivity contribution is 7.99. The van der Waals surface area contributed by atoms with E-state index in [9.17, 15) is 13.9 Å². The Morgan fingerprint density at radius 1 is 1.11 bits per heavy atom. The molecule has 2 aromatic carbocycles. The van der Waals surface area contributed by atoms with E-state index in [0.29, 0.717) is 15.5 Å². The average molecular weight is 301 g/mol. The second-order valence-electron chi connectivity index (χ2n) is 3.95. The lowest BCUT2D eigenvalue weighted by molar-refractivity contribution is 0.203. The Hall–Kier alpha value is -1.10. The van der Waals surface area contributed by atoms with Crippen LogP contribution in [0.25, 0.3) is 0 Å². The van der Waals surface area contributed by atoms with Crippen LogP contribution in [0.5, 0.6) is 0 Å². The Labute approximate surface area is 119 Å². The molecule has 0 aliphatic rings. The summed E-state index contributed by atoms with van der Waals surface area (Å²) in [6.45, 7) is 0. The van der Waals surface area contributed by atoms with Crippen LogP contribution in [0, 0.1) is 11.6 Å². The predicted molar refractivity (Wildman–Crippen MR) is 73.5 cm³/mol. The molecule has 0 aliphatic carbocycles. The Bertz CT molecular complexity index is 577. The number of hydrogen-bond acceptors (Lipinski definition) is 2. The molecule has 0 aromatic heterocycles. The molecule has 1 nitrogen and oxygen atoms in total. The number of rotatable bonds is 4. The topological polar surface area (TPSA) is 20.2 Å². The monoisotopic (exact) mass is 300 g/mol. The molecular formula is C14H11ClF2OS.